The maximum Gasteiger partial charge on any atom is 0.306 e. The molecule has 0 aliphatic rings. The Kier molecular flexibility index (Phi) is 60.4. The van der Waals surface area contributed by atoms with Crippen LogP contribution in [0.15, 0.2) is 158 Å². The molecule has 0 rings (SSSR count). The second kappa shape index (κ2) is 64.6. The van der Waals surface area contributed by atoms with Gasteiger partial charge in [-0.05, 0) is 128 Å². The summed E-state index contributed by atoms with van der Waals surface area (Å²) in [5.41, 5.74) is 0. The van der Waals surface area contributed by atoms with Gasteiger partial charge < -0.3 is 14.2 Å². The zero-order chi connectivity index (χ0) is 56.4. The van der Waals surface area contributed by atoms with Crippen LogP contribution in [0.4, 0.5) is 0 Å². The topological polar surface area (TPSA) is 78.9 Å². The highest BCUT2D eigenvalue weighted by Gasteiger charge is 2.19. The number of unbranched alkanes of at least 4 members (excludes halogenated alkanes) is 18. The van der Waals surface area contributed by atoms with Gasteiger partial charge >= 0.3 is 17.9 Å². The van der Waals surface area contributed by atoms with E-state index in [-0.39, 0.29) is 31.1 Å². The third kappa shape index (κ3) is 61.9. The molecule has 0 fully saturated rings. The van der Waals surface area contributed by atoms with Crippen LogP contribution in [0.1, 0.15) is 258 Å². The standard InChI is InChI=1S/C72H114O6/c1-4-7-10-13-16-18-20-22-24-26-28-30-32-34-36-38-40-42-44-46-48-50-52-54-56-59-62-65-71(74)77-68-69(67-76-70(73)64-61-58-15-12-9-6-3)78-72(75)66-63-60-57-55-53-51-49-47-45-43-41-39-37-35-33-31-29-27-25-23-21-19-17-14-11-8-5-2/h7-8,10-11,16-19,22-25,28-31,34-37,40,42,46,48,52,54,69H,4-6,9,12-15,20-21,26-27,32-33,38-39,41,43-45,47,49-51,53,55-68H2,1-3H3/b10-7-,11-8-,18-16-,19-17-,24-22-,25-23-,30-28-,31-29-,36-34-,37-35-,42-40-,48-46-,54-52-. The molecule has 0 aliphatic carbocycles. The third-order valence-corrected chi connectivity index (χ3v) is 12.8. The molecular formula is C72H114O6. The molecule has 6 nitrogen and oxygen atoms in total. The van der Waals surface area contributed by atoms with Crippen molar-refractivity contribution in [1.82, 2.24) is 0 Å². The summed E-state index contributed by atoms with van der Waals surface area (Å²) in [6.07, 6.45) is 94.2. The molecule has 0 spiro atoms. The number of allylic oxidation sites excluding steroid dienone is 26. The van der Waals surface area contributed by atoms with Crippen LogP contribution < -0.4 is 0 Å². The van der Waals surface area contributed by atoms with E-state index in [1.165, 1.54) is 77.0 Å². The summed E-state index contributed by atoms with van der Waals surface area (Å²) in [7, 11) is 0. The molecule has 0 aromatic heterocycles. The summed E-state index contributed by atoms with van der Waals surface area (Å²) in [5.74, 6) is -0.962. The maximum atomic E-state index is 12.9. The largest absolute Gasteiger partial charge is 0.462 e. The molecule has 438 valence electrons. The number of carbonyl (C=O) groups is 3. The first kappa shape index (κ1) is 73.0. The highest BCUT2D eigenvalue weighted by atomic mass is 16.6. The molecule has 0 aromatic rings. The first-order chi connectivity index (χ1) is 38.5. The van der Waals surface area contributed by atoms with Gasteiger partial charge in [0.15, 0.2) is 6.10 Å². The first-order valence-corrected chi connectivity index (χ1v) is 31.5. The first-order valence-electron chi connectivity index (χ1n) is 31.5. The number of rotatable bonds is 55. The Morgan fingerprint density at radius 3 is 0.808 bits per heavy atom. The molecule has 0 saturated carbocycles. The average molecular weight is 1080 g/mol. The van der Waals surface area contributed by atoms with Crippen LogP contribution in [0.5, 0.6) is 0 Å². The smallest absolute Gasteiger partial charge is 0.306 e. The third-order valence-electron chi connectivity index (χ3n) is 12.8. The van der Waals surface area contributed by atoms with E-state index < -0.39 is 6.10 Å². The van der Waals surface area contributed by atoms with Crippen LogP contribution >= 0.6 is 0 Å². The zero-order valence-corrected chi connectivity index (χ0v) is 50.1. The van der Waals surface area contributed by atoms with Crippen LogP contribution in [0.3, 0.4) is 0 Å². The van der Waals surface area contributed by atoms with E-state index in [9.17, 15) is 14.4 Å². The van der Waals surface area contributed by atoms with Crippen molar-refractivity contribution in [1.29, 1.82) is 0 Å². The van der Waals surface area contributed by atoms with Crippen molar-refractivity contribution < 1.29 is 28.6 Å². The predicted octanol–water partition coefficient (Wildman–Crippen LogP) is 21.7. The Morgan fingerprint density at radius 2 is 0.500 bits per heavy atom. The Hall–Kier alpha value is -4.97. The monoisotopic (exact) mass is 1070 g/mol. The fourth-order valence-electron chi connectivity index (χ4n) is 8.13. The van der Waals surface area contributed by atoms with E-state index in [0.717, 1.165) is 135 Å². The van der Waals surface area contributed by atoms with E-state index in [4.69, 9.17) is 14.2 Å². The Labute approximate surface area is 480 Å². The van der Waals surface area contributed by atoms with Gasteiger partial charge in [-0.2, -0.15) is 0 Å². The minimum Gasteiger partial charge on any atom is -0.462 e. The summed E-state index contributed by atoms with van der Waals surface area (Å²) in [5, 5.41) is 0. The highest BCUT2D eigenvalue weighted by molar-refractivity contribution is 5.71. The molecule has 0 bridgehead atoms. The number of esters is 3. The van der Waals surface area contributed by atoms with Crippen molar-refractivity contribution in [2.24, 2.45) is 0 Å². The number of hydrogen-bond donors (Lipinski definition) is 0. The fourth-order valence-corrected chi connectivity index (χ4v) is 8.13. The van der Waals surface area contributed by atoms with Gasteiger partial charge in [-0.1, -0.05) is 269 Å². The van der Waals surface area contributed by atoms with Crippen LogP contribution in [0, 0.1) is 0 Å². The van der Waals surface area contributed by atoms with Crippen molar-refractivity contribution in [2.45, 2.75) is 264 Å². The summed E-state index contributed by atoms with van der Waals surface area (Å²) in [6.45, 7) is 6.30. The Bertz CT molecular complexity index is 1760. The molecule has 1 atom stereocenters. The average Bonchev–Trinajstić information content (AvgIpc) is 3.44. The molecule has 78 heavy (non-hydrogen) atoms. The number of hydrogen-bond acceptors (Lipinski definition) is 6. The van der Waals surface area contributed by atoms with E-state index in [2.05, 4.69) is 179 Å². The second-order valence-corrected chi connectivity index (χ2v) is 20.2. The zero-order valence-electron chi connectivity index (χ0n) is 50.1. The minimum atomic E-state index is -0.802. The van der Waals surface area contributed by atoms with E-state index in [1.54, 1.807) is 0 Å². The summed E-state index contributed by atoms with van der Waals surface area (Å²) in [4.78, 5) is 38.0. The molecule has 6 heteroatoms. The van der Waals surface area contributed by atoms with E-state index in [0.29, 0.717) is 25.7 Å². The van der Waals surface area contributed by atoms with E-state index in [1.807, 2.05) is 0 Å². The molecule has 0 saturated heterocycles. The van der Waals surface area contributed by atoms with Gasteiger partial charge in [0.05, 0.1) is 0 Å². The van der Waals surface area contributed by atoms with Gasteiger partial charge in [-0.3, -0.25) is 14.4 Å². The highest BCUT2D eigenvalue weighted by Crippen LogP contribution is 2.15. The lowest BCUT2D eigenvalue weighted by atomic mass is 10.0. The molecule has 0 aliphatic heterocycles. The van der Waals surface area contributed by atoms with Crippen LogP contribution in [-0.4, -0.2) is 37.2 Å². The van der Waals surface area contributed by atoms with Crippen molar-refractivity contribution in [3.8, 4) is 0 Å². The molecule has 0 aromatic carbocycles. The van der Waals surface area contributed by atoms with E-state index >= 15 is 0 Å². The van der Waals surface area contributed by atoms with Crippen LogP contribution in [-0.2, 0) is 28.6 Å². The maximum absolute atomic E-state index is 12.9. The summed E-state index contributed by atoms with van der Waals surface area (Å²) in [6, 6.07) is 0. The van der Waals surface area contributed by atoms with Crippen molar-refractivity contribution >= 4 is 17.9 Å². The van der Waals surface area contributed by atoms with Crippen molar-refractivity contribution in [2.75, 3.05) is 13.2 Å². The number of carbonyl (C=O) groups excluding carboxylic acids is 3. The normalized spacial score (nSPS) is 13.2. The lowest BCUT2D eigenvalue weighted by Crippen LogP contribution is -2.30. The molecule has 0 N–H and O–H groups in total. The summed E-state index contributed by atoms with van der Waals surface area (Å²) < 4.78 is 16.8. The molecule has 0 amide bonds. The van der Waals surface area contributed by atoms with Gasteiger partial charge in [-0.25, -0.2) is 0 Å². The second-order valence-electron chi connectivity index (χ2n) is 20.2. The quantitative estimate of drug-likeness (QED) is 0.0261. The van der Waals surface area contributed by atoms with Gasteiger partial charge in [0.1, 0.15) is 13.2 Å². The molecular weight excluding hydrogens is 961 g/mol. The Morgan fingerprint density at radius 1 is 0.269 bits per heavy atom. The van der Waals surface area contributed by atoms with Crippen molar-refractivity contribution in [3.05, 3.63) is 158 Å². The SMILES string of the molecule is CC/C=C\C/C=C\C/C=C\C/C=C\C/C=C\C/C=C\C/C=C\C/C=C\CCCCC(=O)OCC(COC(=O)CCCCCCCC)OC(=O)CCCCCCCCCCCCC/C=C\C/C=C\C/C=C\C/C=C\C/C=C\CC. The molecule has 1 unspecified atom stereocenters. The van der Waals surface area contributed by atoms with Gasteiger partial charge in [-0.15, -0.1) is 0 Å². The molecule has 0 radical (unpaired) electrons. The Balaban J connectivity index is 4.23. The molecule has 0 heterocycles. The number of ether oxygens (including phenoxy) is 3. The minimum absolute atomic E-state index is 0.0986. The summed E-state index contributed by atoms with van der Waals surface area (Å²) >= 11 is 0. The van der Waals surface area contributed by atoms with Gasteiger partial charge in [0.2, 0.25) is 0 Å². The van der Waals surface area contributed by atoms with Crippen molar-refractivity contribution in [3.63, 3.8) is 0 Å². The van der Waals surface area contributed by atoms with Gasteiger partial charge in [0.25, 0.3) is 0 Å². The lowest BCUT2D eigenvalue weighted by Gasteiger charge is -2.18. The van der Waals surface area contributed by atoms with Crippen LogP contribution in [0.2, 0.25) is 0 Å². The predicted molar refractivity (Wildman–Crippen MR) is 338 cm³/mol. The fraction of sp³-hybridized carbons (Fsp3) is 0.597. The van der Waals surface area contributed by atoms with Gasteiger partial charge in [0, 0.05) is 19.3 Å². The van der Waals surface area contributed by atoms with Crippen LogP contribution in [0.25, 0.3) is 0 Å². The lowest BCUT2D eigenvalue weighted by molar-refractivity contribution is -0.167.